The largest absolute Gasteiger partial charge is 0.298 e. The minimum Gasteiger partial charge on any atom is -0.298 e. The molecule has 0 saturated heterocycles. The smallest absolute Gasteiger partial charge is 0.145 e. The lowest BCUT2D eigenvalue weighted by Gasteiger charge is -2.21. The second kappa shape index (κ2) is 5.24. The molecule has 2 aliphatic rings. The van der Waals surface area contributed by atoms with Crippen molar-refractivity contribution in [1.29, 1.82) is 0 Å². The fourth-order valence-corrected chi connectivity index (χ4v) is 2.59. The van der Waals surface area contributed by atoms with Gasteiger partial charge in [-0.05, 0) is 55.6 Å². The number of hydrogen-bond donors (Lipinski definition) is 0. The Morgan fingerprint density at radius 1 is 1.62 bits per heavy atom. The highest BCUT2D eigenvalue weighted by molar-refractivity contribution is 6.00. The molecule has 0 N–H and O–H groups in total. The summed E-state index contributed by atoms with van der Waals surface area (Å²) in [5.74, 6) is 0.598. The zero-order chi connectivity index (χ0) is 11.4. The summed E-state index contributed by atoms with van der Waals surface area (Å²) in [6.45, 7) is 5.11. The van der Waals surface area contributed by atoms with Crippen molar-refractivity contribution >= 4 is 12.0 Å². The summed E-state index contributed by atoms with van der Waals surface area (Å²) in [6, 6.07) is 0. The van der Waals surface area contributed by atoms with Crippen LogP contribution in [0.2, 0.25) is 0 Å². The molecule has 86 valence electrons. The number of nitrogens with zero attached hydrogens (tertiary/aromatic N) is 1. The topological polar surface area (TPSA) is 29.4 Å². The Bertz CT molecular complexity index is 352. The monoisotopic (exact) mass is 217 g/mol. The summed E-state index contributed by atoms with van der Waals surface area (Å²) in [5, 5.41) is 0. The van der Waals surface area contributed by atoms with E-state index in [9.17, 15) is 4.79 Å². The van der Waals surface area contributed by atoms with Crippen LogP contribution in [-0.4, -0.2) is 18.5 Å². The molecule has 0 aromatic carbocycles. The lowest BCUT2D eigenvalue weighted by atomic mass is 9.84. The van der Waals surface area contributed by atoms with Crippen molar-refractivity contribution < 1.29 is 4.79 Å². The van der Waals surface area contributed by atoms with Crippen LogP contribution in [0.25, 0.3) is 0 Å². The Labute approximate surface area is 97.1 Å². The molecule has 2 heteroatoms. The molecular formula is C14H19NO. The number of carbonyl (C=O) groups is 1. The SMILES string of the molecule is C=C(CC1CCC=C(C=O)C1)C1=NCCC1. The van der Waals surface area contributed by atoms with Gasteiger partial charge in [0.25, 0.3) is 0 Å². The van der Waals surface area contributed by atoms with Crippen LogP contribution in [-0.2, 0) is 4.79 Å². The molecule has 0 saturated carbocycles. The molecule has 1 aliphatic heterocycles. The maximum atomic E-state index is 10.7. The molecule has 0 amide bonds. The minimum absolute atomic E-state index is 0.598. The molecule has 16 heavy (non-hydrogen) atoms. The fourth-order valence-electron chi connectivity index (χ4n) is 2.59. The zero-order valence-electron chi connectivity index (χ0n) is 9.74. The standard InChI is InChI=1S/C14H19NO/c1-11(14-6-3-7-15-14)8-12-4-2-5-13(9-12)10-16/h5,10,12H,1-4,6-9H2. The van der Waals surface area contributed by atoms with Crippen molar-refractivity contribution in [2.24, 2.45) is 10.9 Å². The molecule has 2 nitrogen and oxygen atoms in total. The molecule has 0 aromatic heterocycles. The van der Waals surface area contributed by atoms with E-state index < -0.39 is 0 Å². The predicted octanol–water partition coefficient (Wildman–Crippen LogP) is 3.09. The van der Waals surface area contributed by atoms with Gasteiger partial charge in [0.15, 0.2) is 0 Å². The maximum Gasteiger partial charge on any atom is 0.145 e. The lowest BCUT2D eigenvalue weighted by Crippen LogP contribution is -2.11. The van der Waals surface area contributed by atoms with E-state index in [4.69, 9.17) is 0 Å². The second-order valence-electron chi connectivity index (χ2n) is 4.78. The fraction of sp³-hybridized carbons (Fsp3) is 0.571. The summed E-state index contributed by atoms with van der Waals surface area (Å²) in [4.78, 5) is 15.2. The number of hydrogen-bond acceptors (Lipinski definition) is 2. The summed E-state index contributed by atoms with van der Waals surface area (Å²) in [6.07, 6.45) is 9.52. The van der Waals surface area contributed by atoms with Gasteiger partial charge in [0.05, 0.1) is 0 Å². The number of allylic oxidation sites excluding steroid dienone is 3. The molecule has 0 aromatic rings. The first-order valence-corrected chi connectivity index (χ1v) is 6.15. The molecular weight excluding hydrogens is 198 g/mol. The third-order valence-electron chi connectivity index (χ3n) is 3.47. The van der Waals surface area contributed by atoms with E-state index in [1.807, 2.05) is 0 Å². The summed E-state index contributed by atoms with van der Waals surface area (Å²) >= 11 is 0. The van der Waals surface area contributed by atoms with Gasteiger partial charge in [-0.3, -0.25) is 9.79 Å². The number of aldehydes is 1. The van der Waals surface area contributed by atoms with Gasteiger partial charge in [0, 0.05) is 12.3 Å². The first-order chi connectivity index (χ1) is 7.79. The zero-order valence-corrected chi connectivity index (χ0v) is 9.74. The predicted molar refractivity (Wildman–Crippen MR) is 66.8 cm³/mol. The van der Waals surface area contributed by atoms with E-state index in [-0.39, 0.29) is 0 Å². The van der Waals surface area contributed by atoms with E-state index >= 15 is 0 Å². The van der Waals surface area contributed by atoms with Crippen molar-refractivity contribution in [3.8, 4) is 0 Å². The van der Waals surface area contributed by atoms with Gasteiger partial charge in [0.2, 0.25) is 0 Å². The van der Waals surface area contributed by atoms with E-state index in [2.05, 4.69) is 17.6 Å². The molecule has 0 bridgehead atoms. The van der Waals surface area contributed by atoms with Gasteiger partial charge in [-0.15, -0.1) is 0 Å². The van der Waals surface area contributed by atoms with Crippen LogP contribution in [0.3, 0.4) is 0 Å². The van der Waals surface area contributed by atoms with Gasteiger partial charge in [-0.1, -0.05) is 12.7 Å². The highest BCUT2D eigenvalue weighted by atomic mass is 16.1. The van der Waals surface area contributed by atoms with Crippen molar-refractivity contribution in [2.75, 3.05) is 6.54 Å². The Morgan fingerprint density at radius 3 is 3.19 bits per heavy atom. The highest BCUT2D eigenvalue weighted by Gasteiger charge is 2.18. The summed E-state index contributed by atoms with van der Waals surface area (Å²) in [5.41, 5.74) is 3.40. The minimum atomic E-state index is 0.598. The van der Waals surface area contributed by atoms with Gasteiger partial charge < -0.3 is 0 Å². The number of aliphatic imine (C=N–C) groups is 1. The van der Waals surface area contributed by atoms with E-state index in [1.165, 1.54) is 24.1 Å². The molecule has 0 fully saturated rings. The summed E-state index contributed by atoms with van der Waals surface area (Å²) in [7, 11) is 0. The molecule has 1 aliphatic carbocycles. The van der Waals surface area contributed by atoms with Gasteiger partial charge in [0.1, 0.15) is 6.29 Å². The van der Waals surface area contributed by atoms with Gasteiger partial charge >= 0.3 is 0 Å². The third kappa shape index (κ3) is 2.69. The average molecular weight is 217 g/mol. The Balaban J connectivity index is 1.88. The van der Waals surface area contributed by atoms with Crippen LogP contribution in [0.15, 0.2) is 28.8 Å². The Hall–Kier alpha value is -1.18. The van der Waals surface area contributed by atoms with Crippen LogP contribution in [0.5, 0.6) is 0 Å². The van der Waals surface area contributed by atoms with Crippen molar-refractivity contribution in [3.05, 3.63) is 23.8 Å². The number of carbonyl (C=O) groups excluding carboxylic acids is 1. The van der Waals surface area contributed by atoms with Crippen molar-refractivity contribution in [3.63, 3.8) is 0 Å². The molecule has 0 radical (unpaired) electrons. The molecule has 2 rings (SSSR count). The molecule has 1 atom stereocenters. The quantitative estimate of drug-likeness (QED) is 0.665. The van der Waals surface area contributed by atoms with Crippen LogP contribution >= 0.6 is 0 Å². The number of rotatable bonds is 4. The van der Waals surface area contributed by atoms with E-state index in [1.54, 1.807) is 0 Å². The summed E-state index contributed by atoms with van der Waals surface area (Å²) < 4.78 is 0. The van der Waals surface area contributed by atoms with Gasteiger partial charge in [-0.2, -0.15) is 0 Å². The van der Waals surface area contributed by atoms with Crippen molar-refractivity contribution in [2.45, 2.75) is 38.5 Å². The lowest BCUT2D eigenvalue weighted by molar-refractivity contribution is -0.105. The van der Waals surface area contributed by atoms with Crippen molar-refractivity contribution in [1.82, 2.24) is 0 Å². The van der Waals surface area contributed by atoms with Crippen LogP contribution in [0.4, 0.5) is 0 Å². The average Bonchev–Trinajstić information content (AvgIpc) is 2.83. The molecule has 1 unspecified atom stereocenters. The Morgan fingerprint density at radius 2 is 2.50 bits per heavy atom. The first-order valence-electron chi connectivity index (χ1n) is 6.15. The normalized spacial score (nSPS) is 24.9. The molecule has 0 spiro atoms. The van der Waals surface area contributed by atoms with Crippen LogP contribution in [0.1, 0.15) is 38.5 Å². The first kappa shape index (κ1) is 11.3. The second-order valence-corrected chi connectivity index (χ2v) is 4.78. The highest BCUT2D eigenvalue weighted by Crippen LogP contribution is 2.29. The van der Waals surface area contributed by atoms with Crippen LogP contribution in [0, 0.1) is 5.92 Å². The molecule has 1 heterocycles. The van der Waals surface area contributed by atoms with Crippen LogP contribution < -0.4 is 0 Å². The van der Waals surface area contributed by atoms with Gasteiger partial charge in [-0.25, -0.2) is 0 Å². The Kier molecular flexibility index (Phi) is 3.70. The third-order valence-corrected chi connectivity index (χ3v) is 3.47. The maximum absolute atomic E-state index is 10.7. The van der Waals surface area contributed by atoms with E-state index in [0.717, 1.165) is 44.1 Å². The van der Waals surface area contributed by atoms with E-state index in [0.29, 0.717) is 5.92 Å².